The molecule has 142 valence electrons. The fraction of sp³-hybridized carbons (Fsp3) is 0.824. The molecule has 0 spiro atoms. The van der Waals surface area contributed by atoms with Crippen molar-refractivity contribution in [2.75, 3.05) is 13.2 Å². The van der Waals surface area contributed by atoms with E-state index >= 15 is 0 Å². The summed E-state index contributed by atoms with van der Waals surface area (Å²) in [6.07, 6.45) is 4.27. The van der Waals surface area contributed by atoms with Crippen LogP contribution in [0.15, 0.2) is 6.20 Å². The molecule has 2 unspecified atom stereocenters. The average molecular weight is 353 g/mol. The maximum atomic E-state index is 12.4. The zero-order valence-corrected chi connectivity index (χ0v) is 15.7. The van der Waals surface area contributed by atoms with Gasteiger partial charge in [-0.3, -0.25) is 4.68 Å². The molecule has 2 rings (SSSR count). The molecule has 1 fully saturated rings. The van der Waals surface area contributed by atoms with Gasteiger partial charge in [0.15, 0.2) is 0 Å². The molecule has 1 aliphatic heterocycles. The van der Waals surface area contributed by atoms with Crippen molar-refractivity contribution in [1.82, 2.24) is 25.2 Å². The molecule has 1 saturated heterocycles. The Morgan fingerprint density at radius 3 is 2.92 bits per heavy atom. The van der Waals surface area contributed by atoms with Crippen molar-refractivity contribution in [1.29, 1.82) is 0 Å². The van der Waals surface area contributed by atoms with Crippen molar-refractivity contribution in [2.24, 2.45) is 0 Å². The molecule has 1 aliphatic rings. The number of nitrogens with zero attached hydrogens (tertiary/aromatic N) is 4. The molecular weight excluding hydrogens is 322 g/mol. The zero-order valence-electron chi connectivity index (χ0n) is 15.7. The van der Waals surface area contributed by atoms with Crippen LogP contribution in [0.3, 0.4) is 0 Å². The number of hydrogen-bond acceptors (Lipinski definition) is 6. The third kappa shape index (κ3) is 5.97. The number of aromatic nitrogens is 3. The molecule has 1 aromatic heterocycles. The number of aryl methyl sites for hydroxylation is 1. The van der Waals surface area contributed by atoms with Crippen LogP contribution in [0, 0.1) is 0 Å². The Kier molecular flexibility index (Phi) is 6.78. The van der Waals surface area contributed by atoms with Crippen LogP contribution in [-0.2, 0) is 17.8 Å². The highest BCUT2D eigenvalue weighted by molar-refractivity contribution is 5.68. The first-order valence-corrected chi connectivity index (χ1v) is 9.03. The van der Waals surface area contributed by atoms with Gasteiger partial charge in [-0.15, -0.1) is 5.10 Å². The van der Waals surface area contributed by atoms with Gasteiger partial charge in [-0.25, -0.2) is 4.79 Å². The van der Waals surface area contributed by atoms with Gasteiger partial charge in [0.05, 0.1) is 5.69 Å². The summed E-state index contributed by atoms with van der Waals surface area (Å²) in [6, 6.07) is 0.261. The predicted octanol–water partition coefficient (Wildman–Crippen LogP) is 1.54. The van der Waals surface area contributed by atoms with Gasteiger partial charge in [0.1, 0.15) is 5.60 Å². The number of piperidine rings is 1. The fourth-order valence-electron chi connectivity index (χ4n) is 2.99. The molecule has 1 amide bonds. The van der Waals surface area contributed by atoms with E-state index < -0.39 is 5.60 Å². The summed E-state index contributed by atoms with van der Waals surface area (Å²) >= 11 is 0. The maximum absolute atomic E-state index is 12.4. The number of aliphatic hydroxyl groups is 1. The summed E-state index contributed by atoms with van der Waals surface area (Å²) in [6.45, 7) is 9.85. The lowest BCUT2D eigenvalue weighted by molar-refractivity contribution is 0.00697. The van der Waals surface area contributed by atoms with E-state index in [1.807, 2.05) is 31.9 Å². The average Bonchev–Trinajstić information content (AvgIpc) is 2.98. The van der Waals surface area contributed by atoms with Gasteiger partial charge in [0.2, 0.25) is 0 Å². The minimum absolute atomic E-state index is 0.0630. The SMILES string of the molecule is CC1C(NCc2cn(CCCO)nn2)CCCN1C(=O)OC(C)(C)C. The van der Waals surface area contributed by atoms with E-state index in [1.165, 1.54) is 0 Å². The maximum Gasteiger partial charge on any atom is 0.410 e. The molecular formula is C17H31N5O3. The third-order valence-electron chi connectivity index (χ3n) is 4.29. The van der Waals surface area contributed by atoms with Crippen LogP contribution in [0.5, 0.6) is 0 Å². The normalized spacial score (nSPS) is 21.4. The number of likely N-dealkylation sites (tertiary alicyclic amines) is 1. The number of carbonyl (C=O) groups is 1. The Balaban J connectivity index is 1.87. The minimum atomic E-state index is -0.482. The summed E-state index contributed by atoms with van der Waals surface area (Å²) in [5, 5.41) is 20.5. The Labute approximate surface area is 149 Å². The zero-order chi connectivity index (χ0) is 18.4. The number of ether oxygens (including phenoxy) is 1. The Hall–Kier alpha value is -1.67. The highest BCUT2D eigenvalue weighted by Gasteiger charge is 2.33. The molecule has 2 atom stereocenters. The highest BCUT2D eigenvalue weighted by atomic mass is 16.6. The molecule has 0 saturated carbocycles. The molecule has 25 heavy (non-hydrogen) atoms. The van der Waals surface area contributed by atoms with Crippen molar-refractivity contribution < 1.29 is 14.6 Å². The largest absolute Gasteiger partial charge is 0.444 e. The lowest BCUT2D eigenvalue weighted by Crippen LogP contribution is -2.55. The first-order chi connectivity index (χ1) is 11.8. The minimum Gasteiger partial charge on any atom is -0.444 e. The summed E-state index contributed by atoms with van der Waals surface area (Å²) < 4.78 is 7.25. The lowest BCUT2D eigenvalue weighted by Gasteiger charge is -2.40. The number of hydrogen-bond donors (Lipinski definition) is 2. The summed E-state index contributed by atoms with van der Waals surface area (Å²) in [4.78, 5) is 14.2. The Bertz CT molecular complexity index is 555. The smallest absolute Gasteiger partial charge is 0.410 e. The molecule has 1 aromatic rings. The molecule has 8 nitrogen and oxygen atoms in total. The third-order valence-corrected chi connectivity index (χ3v) is 4.29. The molecule has 0 aromatic carbocycles. The number of aliphatic hydroxyl groups excluding tert-OH is 1. The second-order valence-electron chi connectivity index (χ2n) is 7.59. The molecule has 0 bridgehead atoms. The number of nitrogens with one attached hydrogen (secondary N) is 1. The van der Waals surface area contributed by atoms with Crippen LogP contribution in [0.25, 0.3) is 0 Å². The van der Waals surface area contributed by atoms with Gasteiger partial charge in [-0.2, -0.15) is 0 Å². The van der Waals surface area contributed by atoms with E-state index in [4.69, 9.17) is 9.84 Å². The number of carbonyl (C=O) groups excluding carboxylic acids is 1. The van der Waals surface area contributed by atoms with Gasteiger partial charge < -0.3 is 20.1 Å². The van der Waals surface area contributed by atoms with E-state index in [2.05, 4.69) is 22.6 Å². The van der Waals surface area contributed by atoms with Gasteiger partial charge in [0.25, 0.3) is 0 Å². The summed E-state index contributed by atoms with van der Waals surface area (Å²) in [5.74, 6) is 0. The molecule has 2 heterocycles. The van der Waals surface area contributed by atoms with Crippen molar-refractivity contribution in [3.05, 3.63) is 11.9 Å². The first-order valence-electron chi connectivity index (χ1n) is 9.03. The second kappa shape index (κ2) is 8.62. The van der Waals surface area contributed by atoms with E-state index in [1.54, 1.807) is 4.68 Å². The quantitative estimate of drug-likeness (QED) is 0.806. The summed E-state index contributed by atoms with van der Waals surface area (Å²) in [7, 11) is 0. The predicted molar refractivity (Wildman–Crippen MR) is 94.0 cm³/mol. The summed E-state index contributed by atoms with van der Waals surface area (Å²) in [5.41, 5.74) is 0.379. The molecule has 8 heteroatoms. The first kappa shape index (κ1) is 19.7. The highest BCUT2D eigenvalue weighted by Crippen LogP contribution is 2.21. The van der Waals surface area contributed by atoms with E-state index in [-0.39, 0.29) is 24.8 Å². The molecule has 0 radical (unpaired) electrons. The van der Waals surface area contributed by atoms with Crippen LogP contribution in [0.4, 0.5) is 4.79 Å². The van der Waals surface area contributed by atoms with Crippen molar-refractivity contribution in [2.45, 2.75) is 77.7 Å². The van der Waals surface area contributed by atoms with Crippen LogP contribution in [0.2, 0.25) is 0 Å². The number of amides is 1. The molecule has 2 N–H and O–H groups in total. The van der Waals surface area contributed by atoms with Gasteiger partial charge in [0, 0.05) is 44.5 Å². The van der Waals surface area contributed by atoms with E-state index in [9.17, 15) is 4.79 Å². The van der Waals surface area contributed by atoms with Crippen LogP contribution in [0.1, 0.15) is 52.7 Å². The standard InChI is InChI=1S/C17H31N5O3/c1-13-15(7-5-9-22(13)16(24)25-17(2,3)4)18-11-14-12-21(20-19-14)8-6-10-23/h12-13,15,18,23H,5-11H2,1-4H3. The fourth-order valence-corrected chi connectivity index (χ4v) is 2.99. The van der Waals surface area contributed by atoms with Crippen molar-refractivity contribution in [3.63, 3.8) is 0 Å². The van der Waals surface area contributed by atoms with Crippen LogP contribution < -0.4 is 5.32 Å². The van der Waals surface area contributed by atoms with E-state index in [0.29, 0.717) is 19.5 Å². The van der Waals surface area contributed by atoms with Gasteiger partial charge in [-0.05, 0) is 47.0 Å². The van der Waals surface area contributed by atoms with Gasteiger partial charge in [-0.1, -0.05) is 5.21 Å². The van der Waals surface area contributed by atoms with Gasteiger partial charge >= 0.3 is 6.09 Å². The lowest BCUT2D eigenvalue weighted by atomic mass is 9.98. The van der Waals surface area contributed by atoms with Crippen LogP contribution in [-0.4, -0.2) is 61.9 Å². The van der Waals surface area contributed by atoms with Crippen molar-refractivity contribution >= 4 is 6.09 Å². The van der Waals surface area contributed by atoms with Crippen molar-refractivity contribution in [3.8, 4) is 0 Å². The number of rotatable bonds is 6. The Morgan fingerprint density at radius 1 is 1.48 bits per heavy atom. The monoisotopic (exact) mass is 353 g/mol. The topological polar surface area (TPSA) is 92.5 Å². The molecule has 0 aliphatic carbocycles. The van der Waals surface area contributed by atoms with Crippen LogP contribution >= 0.6 is 0 Å². The van der Waals surface area contributed by atoms with E-state index in [0.717, 1.165) is 25.1 Å². The second-order valence-corrected chi connectivity index (χ2v) is 7.59. The Morgan fingerprint density at radius 2 is 2.24 bits per heavy atom.